The fourth-order valence-corrected chi connectivity index (χ4v) is 3.38. The highest BCUT2D eigenvalue weighted by atomic mass is 32.2. The molecule has 0 unspecified atom stereocenters. The first kappa shape index (κ1) is 21.2. The summed E-state index contributed by atoms with van der Waals surface area (Å²) in [5.41, 5.74) is 2.04. The number of hydrogen-bond donors (Lipinski definition) is 0. The van der Waals surface area contributed by atoms with Crippen LogP contribution in [0.5, 0.6) is 11.6 Å². The normalized spacial score (nSPS) is 11.7. The molecule has 0 amide bonds. The highest BCUT2D eigenvalue weighted by Crippen LogP contribution is 2.31. The second kappa shape index (κ2) is 8.86. The molecule has 0 saturated carbocycles. The Hall–Kier alpha value is -2.54. The van der Waals surface area contributed by atoms with Gasteiger partial charge in [-0.1, -0.05) is 49.9 Å². The van der Waals surface area contributed by atoms with Crippen LogP contribution in [0.4, 0.5) is 13.2 Å². The molecule has 3 aromatic rings. The van der Waals surface area contributed by atoms with Crippen LogP contribution in [-0.2, 0) is 11.9 Å². The molecule has 2 aromatic carbocycles. The highest BCUT2D eigenvalue weighted by molar-refractivity contribution is 7.98. The number of benzene rings is 2. The summed E-state index contributed by atoms with van der Waals surface area (Å²) in [4.78, 5) is 9.02. The van der Waals surface area contributed by atoms with Gasteiger partial charge in [0.15, 0.2) is 5.16 Å². The van der Waals surface area contributed by atoms with Crippen molar-refractivity contribution in [2.24, 2.45) is 0 Å². The minimum atomic E-state index is -4.33. The molecule has 0 spiro atoms. The van der Waals surface area contributed by atoms with Gasteiger partial charge in [0.25, 0.3) is 0 Å². The number of ether oxygens (including phenoxy) is 1. The number of halogens is 3. The van der Waals surface area contributed by atoms with Gasteiger partial charge < -0.3 is 4.74 Å². The van der Waals surface area contributed by atoms with E-state index in [1.165, 1.54) is 23.9 Å². The summed E-state index contributed by atoms with van der Waals surface area (Å²) in [5, 5.41) is 0.527. The number of hydrogen-bond acceptors (Lipinski definition) is 4. The third-order valence-electron chi connectivity index (χ3n) is 4.15. The molecule has 1 heterocycles. The Labute approximate surface area is 172 Å². The van der Waals surface area contributed by atoms with E-state index in [1.807, 2.05) is 51.1 Å². The molecule has 0 aliphatic rings. The van der Waals surface area contributed by atoms with E-state index in [4.69, 9.17) is 4.74 Å². The Kier molecular flexibility index (Phi) is 6.47. The highest BCUT2D eigenvalue weighted by Gasteiger charge is 2.29. The van der Waals surface area contributed by atoms with E-state index in [0.717, 1.165) is 29.0 Å². The third kappa shape index (κ3) is 5.97. The van der Waals surface area contributed by atoms with E-state index in [0.29, 0.717) is 22.5 Å². The van der Waals surface area contributed by atoms with Crippen LogP contribution >= 0.6 is 11.8 Å². The van der Waals surface area contributed by atoms with Crippen molar-refractivity contribution < 1.29 is 17.9 Å². The van der Waals surface area contributed by atoms with Crippen molar-refractivity contribution in [3.63, 3.8) is 0 Å². The number of nitrogens with zero attached hydrogens (tertiary/aromatic N) is 2. The Morgan fingerprint density at radius 3 is 2.34 bits per heavy atom. The van der Waals surface area contributed by atoms with Gasteiger partial charge in [0.05, 0.1) is 11.3 Å². The molecule has 1 aromatic heterocycles. The topological polar surface area (TPSA) is 35.0 Å². The van der Waals surface area contributed by atoms with Crippen molar-refractivity contribution in [2.45, 2.75) is 43.8 Å². The van der Waals surface area contributed by atoms with Crippen LogP contribution in [0.1, 0.15) is 42.1 Å². The van der Waals surface area contributed by atoms with Gasteiger partial charge in [-0.3, -0.25) is 0 Å². The molecular formula is C22H21F3N2OS. The van der Waals surface area contributed by atoms with Crippen molar-refractivity contribution >= 4 is 11.8 Å². The molecule has 0 aliphatic heterocycles. The summed E-state index contributed by atoms with van der Waals surface area (Å²) in [6.45, 7) is 6.05. The molecule has 0 N–H and O–H groups in total. The Balaban J connectivity index is 1.77. The van der Waals surface area contributed by atoms with E-state index < -0.39 is 11.7 Å². The van der Waals surface area contributed by atoms with Gasteiger partial charge in [0.1, 0.15) is 5.75 Å². The third-order valence-corrected chi connectivity index (χ3v) is 5.07. The van der Waals surface area contributed by atoms with Crippen molar-refractivity contribution in [3.05, 3.63) is 77.0 Å². The molecule has 3 nitrogen and oxygen atoms in total. The van der Waals surface area contributed by atoms with Crippen LogP contribution in [-0.4, -0.2) is 9.97 Å². The van der Waals surface area contributed by atoms with Crippen molar-refractivity contribution in [3.8, 4) is 11.6 Å². The summed E-state index contributed by atoms with van der Waals surface area (Å²) in [7, 11) is 0. The van der Waals surface area contributed by atoms with Gasteiger partial charge in [-0.05, 0) is 48.2 Å². The van der Waals surface area contributed by atoms with Crippen molar-refractivity contribution in [2.75, 3.05) is 0 Å². The summed E-state index contributed by atoms with van der Waals surface area (Å²) < 4.78 is 44.0. The molecule has 7 heteroatoms. The van der Waals surface area contributed by atoms with Crippen LogP contribution in [0.3, 0.4) is 0 Å². The van der Waals surface area contributed by atoms with Gasteiger partial charge in [-0.25, -0.2) is 4.98 Å². The zero-order valence-corrected chi connectivity index (χ0v) is 17.1. The van der Waals surface area contributed by atoms with Gasteiger partial charge in [0, 0.05) is 11.8 Å². The average molecular weight is 418 g/mol. The van der Waals surface area contributed by atoms with Crippen molar-refractivity contribution in [1.29, 1.82) is 0 Å². The molecule has 0 radical (unpaired) electrons. The summed E-state index contributed by atoms with van der Waals surface area (Å²) in [5.74, 6) is 1.79. The Morgan fingerprint density at radius 2 is 1.72 bits per heavy atom. The second-order valence-corrected chi connectivity index (χ2v) is 7.91. The average Bonchev–Trinajstić information content (AvgIpc) is 2.66. The lowest BCUT2D eigenvalue weighted by atomic mass is 10.1. The molecule has 29 heavy (non-hydrogen) atoms. The number of aromatic nitrogens is 2. The maximum atomic E-state index is 12.7. The quantitative estimate of drug-likeness (QED) is 0.318. The fraction of sp³-hybridized carbons (Fsp3) is 0.273. The molecular weight excluding hydrogens is 397 g/mol. The lowest BCUT2D eigenvalue weighted by Gasteiger charge is -2.11. The van der Waals surface area contributed by atoms with Gasteiger partial charge in [-0.15, -0.1) is 0 Å². The maximum absolute atomic E-state index is 12.7. The zero-order valence-electron chi connectivity index (χ0n) is 16.3. The smallest absolute Gasteiger partial charge is 0.416 e. The minimum Gasteiger partial charge on any atom is -0.439 e. The van der Waals surface area contributed by atoms with Crippen LogP contribution < -0.4 is 4.74 Å². The molecule has 0 atom stereocenters. The number of rotatable bonds is 6. The standard InChI is InChI=1S/C22H21F3N2OS/c1-14(2)19-12-20(28-18-6-4-5-15(3)11-18)27-21(26-19)29-13-16-7-9-17(10-8-16)22(23,24)25/h4-12,14H,13H2,1-3H3. The van der Waals surface area contributed by atoms with E-state index in [2.05, 4.69) is 9.97 Å². The number of alkyl halides is 3. The second-order valence-electron chi connectivity index (χ2n) is 6.97. The molecule has 0 bridgehead atoms. The first-order valence-corrected chi connectivity index (χ1v) is 10.1. The Bertz CT molecular complexity index is 973. The van der Waals surface area contributed by atoms with Gasteiger partial charge in [-0.2, -0.15) is 18.2 Å². The molecule has 0 fully saturated rings. The Morgan fingerprint density at radius 1 is 1.00 bits per heavy atom. The first-order valence-electron chi connectivity index (χ1n) is 9.13. The minimum absolute atomic E-state index is 0.184. The summed E-state index contributed by atoms with van der Waals surface area (Å²) in [6.07, 6.45) is -4.33. The van der Waals surface area contributed by atoms with Crippen LogP contribution in [0.15, 0.2) is 59.8 Å². The summed E-state index contributed by atoms with van der Waals surface area (Å²) in [6, 6.07) is 14.6. The van der Waals surface area contributed by atoms with Gasteiger partial charge >= 0.3 is 6.18 Å². The first-order chi connectivity index (χ1) is 13.7. The predicted molar refractivity (Wildman–Crippen MR) is 108 cm³/mol. The molecule has 152 valence electrons. The number of aryl methyl sites for hydroxylation is 1. The van der Waals surface area contributed by atoms with E-state index >= 15 is 0 Å². The van der Waals surface area contributed by atoms with Crippen LogP contribution in [0.25, 0.3) is 0 Å². The van der Waals surface area contributed by atoms with E-state index in [9.17, 15) is 13.2 Å². The monoisotopic (exact) mass is 418 g/mol. The molecule has 0 aliphatic carbocycles. The summed E-state index contributed by atoms with van der Waals surface area (Å²) >= 11 is 1.36. The SMILES string of the molecule is Cc1cccc(Oc2cc(C(C)C)nc(SCc3ccc(C(F)(F)F)cc3)n2)c1. The fourth-order valence-electron chi connectivity index (χ4n) is 2.57. The van der Waals surface area contributed by atoms with E-state index in [-0.39, 0.29) is 5.92 Å². The van der Waals surface area contributed by atoms with Crippen LogP contribution in [0, 0.1) is 6.92 Å². The largest absolute Gasteiger partial charge is 0.439 e. The molecule has 0 saturated heterocycles. The van der Waals surface area contributed by atoms with Crippen molar-refractivity contribution in [1.82, 2.24) is 9.97 Å². The van der Waals surface area contributed by atoms with E-state index in [1.54, 1.807) is 0 Å². The van der Waals surface area contributed by atoms with Gasteiger partial charge in [0.2, 0.25) is 5.88 Å². The molecule has 3 rings (SSSR count). The predicted octanol–water partition coefficient (Wildman–Crippen LogP) is 7.01. The van der Waals surface area contributed by atoms with Crippen LogP contribution in [0.2, 0.25) is 0 Å². The maximum Gasteiger partial charge on any atom is 0.416 e. The number of thioether (sulfide) groups is 1. The lowest BCUT2D eigenvalue weighted by Crippen LogP contribution is -2.04. The zero-order chi connectivity index (χ0) is 21.0. The lowest BCUT2D eigenvalue weighted by molar-refractivity contribution is -0.137.